The standard InChI is InChI=1S/C6H13N2/c1-6(7-2)4-8(3)5-6/h7H,3-5H2,1-2H3/q-1. The van der Waals surface area contributed by atoms with Crippen LogP contribution in [0, 0.1) is 7.05 Å². The maximum atomic E-state index is 3.78. The molecule has 0 radical (unpaired) electrons. The first-order chi connectivity index (χ1) is 3.66. The van der Waals surface area contributed by atoms with Gasteiger partial charge in [0.2, 0.25) is 0 Å². The van der Waals surface area contributed by atoms with Crippen molar-refractivity contribution in [3.63, 3.8) is 0 Å². The van der Waals surface area contributed by atoms with Gasteiger partial charge in [0.15, 0.2) is 0 Å². The molecule has 0 unspecified atom stereocenters. The Morgan fingerprint density at radius 2 is 2.12 bits per heavy atom. The summed E-state index contributed by atoms with van der Waals surface area (Å²) in [6.07, 6.45) is 0. The monoisotopic (exact) mass is 113 g/mol. The first kappa shape index (κ1) is 6.05. The minimum Gasteiger partial charge on any atom is -0.456 e. The van der Waals surface area contributed by atoms with E-state index in [1.807, 2.05) is 7.05 Å². The smallest absolute Gasteiger partial charge is 0.0357 e. The average Bonchev–Trinajstić information content (AvgIpc) is 1.63. The molecule has 1 fully saturated rings. The lowest BCUT2D eigenvalue weighted by atomic mass is 9.94. The zero-order valence-electron chi connectivity index (χ0n) is 5.57. The van der Waals surface area contributed by atoms with E-state index >= 15 is 0 Å². The Kier molecular flexibility index (Phi) is 1.29. The van der Waals surface area contributed by atoms with E-state index in [2.05, 4.69) is 24.2 Å². The van der Waals surface area contributed by atoms with Gasteiger partial charge in [0.25, 0.3) is 0 Å². The number of hydrogen-bond donors (Lipinski definition) is 1. The minimum atomic E-state index is 0.349. The molecule has 0 aliphatic carbocycles. The van der Waals surface area contributed by atoms with Crippen LogP contribution < -0.4 is 5.32 Å². The molecule has 0 saturated carbocycles. The number of likely N-dealkylation sites (N-methyl/N-ethyl adjacent to an activating group) is 1. The third-order valence-corrected chi connectivity index (χ3v) is 1.75. The van der Waals surface area contributed by atoms with Gasteiger partial charge in [-0.2, -0.15) is 0 Å². The summed E-state index contributed by atoms with van der Waals surface area (Å²) < 4.78 is 0. The van der Waals surface area contributed by atoms with Crippen LogP contribution in [0.2, 0.25) is 0 Å². The largest absolute Gasteiger partial charge is 0.456 e. The zero-order valence-corrected chi connectivity index (χ0v) is 5.57. The van der Waals surface area contributed by atoms with Gasteiger partial charge < -0.3 is 10.2 Å². The molecule has 1 heterocycles. The predicted molar refractivity (Wildman–Crippen MR) is 34.4 cm³/mol. The molecule has 0 amide bonds. The highest BCUT2D eigenvalue weighted by Gasteiger charge is 2.30. The molecule has 8 heavy (non-hydrogen) atoms. The van der Waals surface area contributed by atoms with E-state index in [4.69, 9.17) is 0 Å². The fourth-order valence-electron chi connectivity index (χ4n) is 1.10. The summed E-state index contributed by atoms with van der Waals surface area (Å²) in [4.78, 5) is 2.05. The second-order valence-electron chi connectivity index (χ2n) is 2.80. The van der Waals surface area contributed by atoms with Gasteiger partial charge in [-0.25, -0.2) is 0 Å². The molecule has 1 rings (SSSR count). The molecule has 1 N–H and O–H groups in total. The second-order valence-corrected chi connectivity index (χ2v) is 2.80. The fourth-order valence-corrected chi connectivity index (χ4v) is 1.10. The Hall–Kier alpha value is -0.0800. The van der Waals surface area contributed by atoms with Gasteiger partial charge in [0, 0.05) is 5.54 Å². The number of nitrogens with one attached hydrogen (secondary N) is 1. The van der Waals surface area contributed by atoms with Crippen LogP contribution in [0.1, 0.15) is 6.92 Å². The van der Waals surface area contributed by atoms with Gasteiger partial charge in [-0.15, -0.1) is 0 Å². The van der Waals surface area contributed by atoms with Crippen LogP contribution in [0.15, 0.2) is 0 Å². The van der Waals surface area contributed by atoms with Crippen LogP contribution in [0.5, 0.6) is 0 Å². The Balaban J connectivity index is 2.30. The lowest BCUT2D eigenvalue weighted by Crippen LogP contribution is -2.64. The van der Waals surface area contributed by atoms with Crippen molar-refractivity contribution in [3.05, 3.63) is 7.05 Å². The van der Waals surface area contributed by atoms with Crippen molar-refractivity contribution in [2.45, 2.75) is 12.5 Å². The van der Waals surface area contributed by atoms with Crippen LogP contribution >= 0.6 is 0 Å². The van der Waals surface area contributed by atoms with Gasteiger partial charge in [0.05, 0.1) is 0 Å². The molecule has 0 atom stereocenters. The maximum Gasteiger partial charge on any atom is 0.0357 e. The molecule has 0 spiro atoms. The maximum absolute atomic E-state index is 3.78. The molecule has 2 heteroatoms. The lowest BCUT2D eigenvalue weighted by Gasteiger charge is -2.51. The lowest BCUT2D eigenvalue weighted by molar-refractivity contribution is 0.106. The van der Waals surface area contributed by atoms with Crippen molar-refractivity contribution in [2.75, 3.05) is 20.1 Å². The Labute approximate surface area is 50.9 Å². The summed E-state index contributed by atoms with van der Waals surface area (Å²) in [7, 11) is 5.77. The van der Waals surface area contributed by atoms with Gasteiger partial charge in [-0.1, -0.05) is 0 Å². The van der Waals surface area contributed by atoms with Crippen LogP contribution in [0.25, 0.3) is 0 Å². The number of hydrogen-bond acceptors (Lipinski definition) is 2. The first-order valence-corrected chi connectivity index (χ1v) is 2.91. The number of rotatable bonds is 1. The minimum absolute atomic E-state index is 0.349. The number of likely N-dealkylation sites (tertiary alicyclic amines) is 1. The Bertz CT molecular complexity index is 84.5. The quantitative estimate of drug-likeness (QED) is 0.484. The third kappa shape index (κ3) is 0.858. The van der Waals surface area contributed by atoms with Crippen molar-refractivity contribution in [1.29, 1.82) is 0 Å². The van der Waals surface area contributed by atoms with E-state index in [0.29, 0.717) is 5.54 Å². The zero-order chi connectivity index (χ0) is 6.20. The molecule has 48 valence electrons. The molecule has 1 saturated heterocycles. The molecule has 1 aliphatic rings. The normalized spacial score (nSPS) is 27.4. The summed E-state index contributed by atoms with van der Waals surface area (Å²) in [6.45, 7) is 4.35. The van der Waals surface area contributed by atoms with Gasteiger partial charge >= 0.3 is 0 Å². The van der Waals surface area contributed by atoms with Crippen LogP contribution in [-0.2, 0) is 0 Å². The highest BCUT2D eigenvalue weighted by molar-refractivity contribution is 4.97. The molecule has 2 nitrogen and oxygen atoms in total. The topological polar surface area (TPSA) is 15.3 Å². The molecule has 0 bridgehead atoms. The molecule has 1 aliphatic heterocycles. The van der Waals surface area contributed by atoms with Crippen molar-refractivity contribution in [3.8, 4) is 0 Å². The van der Waals surface area contributed by atoms with Crippen molar-refractivity contribution < 1.29 is 0 Å². The average molecular weight is 113 g/mol. The first-order valence-electron chi connectivity index (χ1n) is 2.91. The van der Waals surface area contributed by atoms with E-state index in [-0.39, 0.29) is 0 Å². The Morgan fingerprint density at radius 3 is 2.25 bits per heavy atom. The summed E-state index contributed by atoms with van der Waals surface area (Å²) in [5.41, 5.74) is 0.349. The second kappa shape index (κ2) is 1.71. The summed E-state index contributed by atoms with van der Waals surface area (Å²) in [6, 6.07) is 0. The summed E-state index contributed by atoms with van der Waals surface area (Å²) in [5.74, 6) is 0. The highest BCUT2D eigenvalue weighted by atomic mass is 15.2. The molecule has 0 aromatic rings. The third-order valence-electron chi connectivity index (χ3n) is 1.75. The molecule has 0 aromatic carbocycles. The van der Waals surface area contributed by atoms with Crippen LogP contribution in [0.3, 0.4) is 0 Å². The van der Waals surface area contributed by atoms with Crippen LogP contribution in [-0.4, -0.2) is 30.6 Å². The van der Waals surface area contributed by atoms with Crippen molar-refractivity contribution in [1.82, 2.24) is 10.2 Å². The van der Waals surface area contributed by atoms with Crippen molar-refractivity contribution in [2.24, 2.45) is 0 Å². The predicted octanol–water partition coefficient (Wildman–Crippen LogP) is 0.0717. The molecular formula is C6H13N2-. The van der Waals surface area contributed by atoms with E-state index in [1.54, 1.807) is 0 Å². The highest BCUT2D eigenvalue weighted by Crippen LogP contribution is 2.17. The fraction of sp³-hybridized carbons (Fsp3) is 0.833. The van der Waals surface area contributed by atoms with Crippen molar-refractivity contribution >= 4 is 0 Å². The van der Waals surface area contributed by atoms with Crippen LogP contribution in [0.4, 0.5) is 0 Å². The Morgan fingerprint density at radius 1 is 1.62 bits per heavy atom. The van der Waals surface area contributed by atoms with E-state index in [1.165, 1.54) is 0 Å². The SMILES string of the molecule is [CH2-]N1CC(C)(NC)C1. The van der Waals surface area contributed by atoms with Gasteiger partial charge in [-0.3, -0.25) is 7.05 Å². The van der Waals surface area contributed by atoms with Gasteiger partial charge in [0.1, 0.15) is 0 Å². The number of nitrogens with zero attached hydrogens (tertiary/aromatic N) is 1. The summed E-state index contributed by atoms with van der Waals surface area (Å²) in [5, 5.41) is 3.23. The van der Waals surface area contributed by atoms with E-state index in [0.717, 1.165) is 13.1 Å². The molecular weight excluding hydrogens is 100 g/mol. The van der Waals surface area contributed by atoms with E-state index < -0.39 is 0 Å². The summed E-state index contributed by atoms with van der Waals surface area (Å²) >= 11 is 0. The van der Waals surface area contributed by atoms with E-state index in [9.17, 15) is 0 Å². The molecule has 0 aromatic heterocycles. The van der Waals surface area contributed by atoms with Gasteiger partial charge in [-0.05, 0) is 27.1 Å².